The maximum absolute atomic E-state index is 12.4. The van der Waals surface area contributed by atoms with Crippen molar-refractivity contribution in [3.05, 3.63) is 16.5 Å². The van der Waals surface area contributed by atoms with Crippen LogP contribution < -0.4 is 0 Å². The molecule has 2 rings (SSSR count). The van der Waals surface area contributed by atoms with Crippen molar-refractivity contribution >= 4 is 33.0 Å². The molecule has 2 unspecified atom stereocenters. The lowest BCUT2D eigenvalue weighted by Crippen LogP contribution is -2.28. The van der Waals surface area contributed by atoms with Crippen LogP contribution in [0.4, 0.5) is 0 Å². The van der Waals surface area contributed by atoms with Gasteiger partial charge in [-0.2, -0.15) is 4.31 Å². The van der Waals surface area contributed by atoms with E-state index in [1.165, 1.54) is 15.6 Å². The highest BCUT2D eigenvalue weighted by Crippen LogP contribution is 2.39. The van der Waals surface area contributed by atoms with Gasteiger partial charge in [-0.15, -0.1) is 22.9 Å². The van der Waals surface area contributed by atoms with Crippen LogP contribution in [0.2, 0.25) is 0 Å². The Labute approximate surface area is 118 Å². The van der Waals surface area contributed by atoms with Gasteiger partial charge in [0.15, 0.2) is 0 Å². The minimum atomic E-state index is -3.34. The van der Waals surface area contributed by atoms with Crippen LogP contribution in [-0.4, -0.2) is 26.3 Å². The van der Waals surface area contributed by atoms with Gasteiger partial charge in [0, 0.05) is 18.5 Å². The van der Waals surface area contributed by atoms with E-state index in [-0.39, 0.29) is 0 Å². The molecule has 1 aromatic rings. The summed E-state index contributed by atoms with van der Waals surface area (Å²) in [5, 5.41) is 0. The molecule has 1 saturated carbocycles. The lowest BCUT2D eigenvalue weighted by Gasteiger charge is -2.15. The number of sulfonamides is 1. The molecule has 1 aliphatic carbocycles. The summed E-state index contributed by atoms with van der Waals surface area (Å²) in [6.07, 6.45) is 1.14. The number of aryl methyl sites for hydroxylation is 1. The van der Waals surface area contributed by atoms with E-state index in [1.807, 2.05) is 6.92 Å². The molecule has 6 heteroatoms. The van der Waals surface area contributed by atoms with Crippen molar-refractivity contribution in [2.24, 2.45) is 11.8 Å². The van der Waals surface area contributed by atoms with Crippen LogP contribution in [0, 0.1) is 18.8 Å². The zero-order chi connectivity index (χ0) is 13.5. The average Bonchev–Trinajstić information content (AvgIpc) is 2.85. The second-order valence-electron chi connectivity index (χ2n) is 5.06. The Morgan fingerprint density at radius 2 is 2.17 bits per heavy atom. The normalized spacial score (nSPS) is 23.6. The molecule has 0 amide bonds. The summed E-state index contributed by atoms with van der Waals surface area (Å²) in [7, 11) is -1.67. The first-order chi connectivity index (χ1) is 8.36. The maximum atomic E-state index is 12.4. The van der Waals surface area contributed by atoms with Crippen molar-refractivity contribution in [2.45, 2.75) is 30.4 Å². The second kappa shape index (κ2) is 5.12. The number of rotatable bonds is 5. The van der Waals surface area contributed by atoms with E-state index in [1.54, 1.807) is 13.1 Å². The number of alkyl halides is 1. The molecule has 0 spiro atoms. The molecule has 1 aliphatic rings. The van der Waals surface area contributed by atoms with Gasteiger partial charge in [0.25, 0.3) is 10.0 Å². The molecule has 0 radical (unpaired) electrons. The van der Waals surface area contributed by atoms with Crippen LogP contribution in [0.15, 0.2) is 10.3 Å². The Morgan fingerprint density at radius 1 is 1.56 bits per heavy atom. The summed E-state index contributed by atoms with van der Waals surface area (Å²) >= 11 is 7.07. The first-order valence-corrected chi connectivity index (χ1v) is 8.77. The Hall–Kier alpha value is -0.100. The molecule has 2 atom stereocenters. The minimum absolute atomic E-state index is 0.370. The van der Waals surface area contributed by atoms with Gasteiger partial charge in [0.2, 0.25) is 0 Å². The molecule has 18 heavy (non-hydrogen) atoms. The zero-order valence-electron chi connectivity index (χ0n) is 10.8. The predicted molar refractivity (Wildman–Crippen MR) is 75.7 cm³/mol. The van der Waals surface area contributed by atoms with E-state index in [0.717, 1.165) is 16.9 Å². The van der Waals surface area contributed by atoms with Crippen molar-refractivity contribution in [3.63, 3.8) is 0 Å². The molecule has 0 saturated heterocycles. The molecule has 3 nitrogen and oxygen atoms in total. The standard InChI is InChI=1S/C12H18ClNO2S2/c1-8-4-10(8)7-14(3)18(15,16)12-5-9(2)11(6-13)17-12/h5,8,10H,4,6-7H2,1-3H3. The monoisotopic (exact) mass is 307 g/mol. The number of halogens is 1. The SMILES string of the molecule is Cc1cc(S(=O)(=O)N(C)CC2CC2C)sc1CCl. The largest absolute Gasteiger partial charge is 0.252 e. The van der Waals surface area contributed by atoms with Crippen LogP contribution in [0.1, 0.15) is 23.8 Å². The number of thiophene rings is 1. The van der Waals surface area contributed by atoms with Gasteiger partial charge >= 0.3 is 0 Å². The Morgan fingerprint density at radius 3 is 2.61 bits per heavy atom. The highest BCUT2D eigenvalue weighted by molar-refractivity contribution is 7.91. The molecule has 0 bridgehead atoms. The Kier molecular flexibility index (Phi) is 4.07. The third-order valence-corrected chi connectivity index (χ3v) is 7.49. The molecule has 102 valence electrons. The van der Waals surface area contributed by atoms with Crippen molar-refractivity contribution in [1.29, 1.82) is 0 Å². The van der Waals surface area contributed by atoms with E-state index >= 15 is 0 Å². The van der Waals surface area contributed by atoms with E-state index in [0.29, 0.717) is 28.5 Å². The number of hydrogen-bond donors (Lipinski definition) is 0. The van der Waals surface area contributed by atoms with Crippen molar-refractivity contribution in [2.75, 3.05) is 13.6 Å². The maximum Gasteiger partial charge on any atom is 0.252 e. The fraction of sp³-hybridized carbons (Fsp3) is 0.667. The summed E-state index contributed by atoms with van der Waals surface area (Å²) in [6, 6.07) is 1.73. The molecule has 0 aliphatic heterocycles. The summed E-state index contributed by atoms with van der Waals surface area (Å²) in [4.78, 5) is 0.934. The summed E-state index contributed by atoms with van der Waals surface area (Å²) in [5.74, 6) is 1.56. The first-order valence-electron chi connectivity index (χ1n) is 5.98. The Balaban J connectivity index is 2.18. The van der Waals surface area contributed by atoms with Gasteiger partial charge in [-0.1, -0.05) is 6.92 Å². The highest BCUT2D eigenvalue weighted by Gasteiger charge is 2.36. The third-order valence-electron chi connectivity index (χ3n) is 3.55. The molecule has 1 fully saturated rings. The Bertz CT molecular complexity index is 538. The van der Waals surface area contributed by atoms with Crippen LogP contribution in [0.5, 0.6) is 0 Å². The van der Waals surface area contributed by atoms with Gasteiger partial charge in [-0.25, -0.2) is 8.42 Å². The number of hydrogen-bond acceptors (Lipinski definition) is 3. The lowest BCUT2D eigenvalue weighted by atomic mass is 10.3. The summed E-state index contributed by atoms with van der Waals surface area (Å²) in [6.45, 7) is 4.68. The van der Waals surface area contributed by atoms with Crippen LogP contribution in [-0.2, 0) is 15.9 Å². The fourth-order valence-corrected chi connectivity index (χ4v) is 5.24. The average molecular weight is 308 g/mol. The minimum Gasteiger partial charge on any atom is -0.206 e. The van der Waals surface area contributed by atoms with Crippen molar-refractivity contribution < 1.29 is 8.42 Å². The van der Waals surface area contributed by atoms with Gasteiger partial charge in [-0.05, 0) is 36.8 Å². The molecule has 1 heterocycles. The topological polar surface area (TPSA) is 37.4 Å². The van der Waals surface area contributed by atoms with Crippen LogP contribution >= 0.6 is 22.9 Å². The van der Waals surface area contributed by atoms with E-state index < -0.39 is 10.0 Å². The van der Waals surface area contributed by atoms with Crippen molar-refractivity contribution in [1.82, 2.24) is 4.31 Å². The third kappa shape index (κ3) is 2.74. The van der Waals surface area contributed by atoms with Gasteiger partial charge < -0.3 is 0 Å². The molecule has 0 aromatic carbocycles. The molecular formula is C12H18ClNO2S2. The lowest BCUT2D eigenvalue weighted by molar-refractivity contribution is 0.446. The smallest absolute Gasteiger partial charge is 0.206 e. The van der Waals surface area contributed by atoms with Gasteiger partial charge in [0.1, 0.15) is 4.21 Å². The first kappa shape index (κ1) is 14.3. The van der Waals surface area contributed by atoms with Gasteiger partial charge in [-0.3, -0.25) is 0 Å². The molecule has 1 aromatic heterocycles. The summed E-state index contributed by atoms with van der Waals surface area (Å²) < 4.78 is 26.6. The van der Waals surface area contributed by atoms with E-state index in [9.17, 15) is 8.42 Å². The summed E-state index contributed by atoms with van der Waals surface area (Å²) in [5.41, 5.74) is 0.960. The quantitative estimate of drug-likeness (QED) is 0.784. The highest BCUT2D eigenvalue weighted by atomic mass is 35.5. The van der Waals surface area contributed by atoms with Crippen LogP contribution in [0.3, 0.4) is 0 Å². The van der Waals surface area contributed by atoms with Gasteiger partial charge in [0.05, 0.1) is 5.88 Å². The number of nitrogens with zero attached hydrogens (tertiary/aromatic N) is 1. The molecule has 0 N–H and O–H groups in total. The fourth-order valence-electron chi connectivity index (χ4n) is 1.98. The van der Waals surface area contributed by atoms with E-state index in [4.69, 9.17) is 11.6 Å². The predicted octanol–water partition coefficient (Wildman–Crippen LogP) is 3.07. The zero-order valence-corrected chi connectivity index (χ0v) is 13.2. The second-order valence-corrected chi connectivity index (χ2v) is 8.74. The van der Waals surface area contributed by atoms with Crippen molar-refractivity contribution in [3.8, 4) is 0 Å². The van der Waals surface area contributed by atoms with Crippen LogP contribution in [0.25, 0.3) is 0 Å². The van der Waals surface area contributed by atoms with E-state index in [2.05, 4.69) is 6.92 Å². The molecular weight excluding hydrogens is 290 g/mol.